The van der Waals surface area contributed by atoms with Crippen LogP contribution in [0.4, 0.5) is 0 Å². The zero-order valence-electron chi connectivity index (χ0n) is 18.9. The molecule has 0 aliphatic heterocycles. The number of allylic oxidation sites excluding steroid dienone is 1. The lowest BCUT2D eigenvalue weighted by Crippen LogP contribution is -2.39. The fraction of sp³-hybridized carbons (Fsp3) is 0.423. The highest BCUT2D eigenvalue weighted by atomic mass is 16.5. The Labute approximate surface area is 186 Å². The Kier molecular flexibility index (Phi) is 10.8. The average Bonchev–Trinajstić information content (AvgIpc) is 2.81. The minimum Gasteiger partial charge on any atom is -0.497 e. The number of carbonyl (C=O) groups excluding carboxylic acids is 1. The zero-order chi connectivity index (χ0) is 22.5. The lowest BCUT2D eigenvalue weighted by atomic mass is 10.0. The van der Waals surface area contributed by atoms with Crippen molar-refractivity contribution in [2.45, 2.75) is 44.9 Å². The molecule has 5 nitrogen and oxygen atoms in total. The lowest BCUT2D eigenvalue weighted by molar-refractivity contribution is -0.153. The van der Waals surface area contributed by atoms with Crippen LogP contribution in [-0.4, -0.2) is 38.9 Å². The van der Waals surface area contributed by atoms with Gasteiger partial charge in [0.15, 0.2) is 0 Å². The molecule has 2 aromatic rings. The molecular formula is C26H35NO4. The summed E-state index contributed by atoms with van der Waals surface area (Å²) in [6, 6.07) is 17.4. The smallest absolute Gasteiger partial charge is 0.323 e. The van der Waals surface area contributed by atoms with Gasteiger partial charge in [-0.2, -0.15) is 0 Å². The molecular weight excluding hydrogens is 390 g/mol. The van der Waals surface area contributed by atoms with E-state index in [1.165, 1.54) is 0 Å². The third-order valence-corrected chi connectivity index (χ3v) is 5.25. The second-order valence-corrected chi connectivity index (χ2v) is 7.73. The van der Waals surface area contributed by atoms with Gasteiger partial charge >= 0.3 is 5.97 Å². The predicted molar refractivity (Wildman–Crippen MR) is 124 cm³/mol. The molecule has 2 rings (SSSR count). The van der Waals surface area contributed by atoms with Crippen molar-refractivity contribution in [3.63, 3.8) is 0 Å². The van der Waals surface area contributed by atoms with Crippen molar-refractivity contribution in [2.75, 3.05) is 20.8 Å². The van der Waals surface area contributed by atoms with Gasteiger partial charge in [0.25, 0.3) is 0 Å². The van der Waals surface area contributed by atoms with Gasteiger partial charge in [0.05, 0.1) is 20.3 Å². The number of benzene rings is 2. The van der Waals surface area contributed by atoms with Crippen LogP contribution in [0.15, 0.2) is 67.3 Å². The number of likely N-dealkylation sites (N-methyl/N-ethyl adjacent to an activating group) is 1. The molecule has 0 heterocycles. The van der Waals surface area contributed by atoms with Crippen LogP contribution in [-0.2, 0) is 27.3 Å². The van der Waals surface area contributed by atoms with E-state index in [9.17, 15) is 4.79 Å². The molecule has 3 atom stereocenters. The van der Waals surface area contributed by atoms with Gasteiger partial charge in [0.1, 0.15) is 17.9 Å². The highest BCUT2D eigenvalue weighted by molar-refractivity contribution is 5.76. The molecule has 0 saturated heterocycles. The second kappa shape index (κ2) is 13.6. The molecule has 0 aliphatic carbocycles. The Morgan fingerprint density at radius 1 is 1.10 bits per heavy atom. The van der Waals surface area contributed by atoms with Gasteiger partial charge in [0.2, 0.25) is 0 Å². The van der Waals surface area contributed by atoms with Crippen molar-refractivity contribution in [1.82, 2.24) is 5.32 Å². The van der Waals surface area contributed by atoms with Gasteiger partial charge < -0.3 is 19.5 Å². The third-order valence-electron chi connectivity index (χ3n) is 5.25. The monoisotopic (exact) mass is 425 g/mol. The lowest BCUT2D eigenvalue weighted by Gasteiger charge is -2.23. The van der Waals surface area contributed by atoms with Crippen LogP contribution in [0.1, 0.15) is 30.9 Å². The first kappa shape index (κ1) is 24.6. The molecule has 31 heavy (non-hydrogen) atoms. The minimum atomic E-state index is -0.385. The SMILES string of the molecule is C=C[C@H](C)C[C@H](CCOCc1ccc(OC)cc1)OC(=O)[C@H](Cc1ccccc1)NC. The highest BCUT2D eigenvalue weighted by Gasteiger charge is 2.23. The molecule has 0 aliphatic rings. The van der Waals surface area contributed by atoms with Crippen molar-refractivity contribution in [3.05, 3.63) is 78.4 Å². The molecule has 0 bridgehead atoms. The van der Waals surface area contributed by atoms with E-state index >= 15 is 0 Å². The van der Waals surface area contributed by atoms with Crippen LogP contribution in [0, 0.1) is 5.92 Å². The van der Waals surface area contributed by atoms with Crippen LogP contribution in [0.5, 0.6) is 5.75 Å². The standard InChI is InChI=1S/C26H35NO4/c1-5-20(2)17-24(15-16-30-19-22-11-13-23(29-4)14-12-22)31-26(28)25(27-3)18-21-9-7-6-8-10-21/h5-14,20,24-25,27H,1,15-19H2,2-4H3/t20-,24-,25-/m0/s1. The summed E-state index contributed by atoms with van der Waals surface area (Å²) in [6.07, 6.45) is 3.62. The molecule has 0 saturated carbocycles. The average molecular weight is 426 g/mol. The fourth-order valence-corrected chi connectivity index (χ4v) is 3.26. The topological polar surface area (TPSA) is 56.8 Å². The summed E-state index contributed by atoms with van der Waals surface area (Å²) in [5.41, 5.74) is 2.17. The molecule has 0 aromatic heterocycles. The Hall–Kier alpha value is -2.63. The van der Waals surface area contributed by atoms with E-state index in [4.69, 9.17) is 14.2 Å². The van der Waals surface area contributed by atoms with E-state index in [2.05, 4.69) is 18.8 Å². The van der Waals surface area contributed by atoms with E-state index < -0.39 is 0 Å². The van der Waals surface area contributed by atoms with E-state index in [1.807, 2.05) is 60.7 Å². The van der Waals surface area contributed by atoms with Crippen molar-refractivity contribution in [1.29, 1.82) is 0 Å². The van der Waals surface area contributed by atoms with E-state index in [-0.39, 0.29) is 24.0 Å². The maximum Gasteiger partial charge on any atom is 0.323 e. The van der Waals surface area contributed by atoms with Crippen LogP contribution < -0.4 is 10.1 Å². The molecule has 0 unspecified atom stereocenters. The fourth-order valence-electron chi connectivity index (χ4n) is 3.26. The molecule has 1 N–H and O–H groups in total. The van der Waals surface area contributed by atoms with Crippen LogP contribution >= 0.6 is 0 Å². The Bertz CT molecular complexity index is 776. The van der Waals surface area contributed by atoms with Crippen molar-refractivity contribution < 1.29 is 19.0 Å². The number of hydrogen-bond donors (Lipinski definition) is 1. The van der Waals surface area contributed by atoms with Gasteiger partial charge in [-0.1, -0.05) is 55.5 Å². The Balaban J connectivity index is 1.87. The van der Waals surface area contributed by atoms with Gasteiger partial charge in [-0.25, -0.2) is 0 Å². The molecule has 168 valence electrons. The van der Waals surface area contributed by atoms with Crippen LogP contribution in [0.3, 0.4) is 0 Å². The summed E-state index contributed by atoms with van der Waals surface area (Å²) >= 11 is 0. The number of carbonyl (C=O) groups is 1. The van der Waals surface area contributed by atoms with Gasteiger partial charge in [-0.15, -0.1) is 6.58 Å². The number of nitrogens with one attached hydrogen (secondary N) is 1. The third kappa shape index (κ3) is 8.95. The Morgan fingerprint density at radius 3 is 2.42 bits per heavy atom. The maximum absolute atomic E-state index is 12.8. The largest absolute Gasteiger partial charge is 0.497 e. The first-order valence-electron chi connectivity index (χ1n) is 10.8. The van der Waals surface area contributed by atoms with Crippen molar-refractivity contribution in [2.24, 2.45) is 5.92 Å². The van der Waals surface area contributed by atoms with Gasteiger partial charge in [-0.05, 0) is 49.1 Å². The van der Waals surface area contributed by atoms with Gasteiger partial charge in [0, 0.05) is 6.42 Å². The number of hydrogen-bond acceptors (Lipinski definition) is 5. The predicted octanol–water partition coefficient (Wildman–Crippen LogP) is 4.56. The second-order valence-electron chi connectivity index (χ2n) is 7.73. The quantitative estimate of drug-likeness (QED) is 0.273. The first-order chi connectivity index (χ1) is 15.0. The molecule has 0 radical (unpaired) electrons. The minimum absolute atomic E-state index is 0.219. The summed E-state index contributed by atoms with van der Waals surface area (Å²) in [5.74, 6) is 0.841. The van der Waals surface area contributed by atoms with E-state index in [0.717, 1.165) is 23.3 Å². The highest BCUT2D eigenvalue weighted by Crippen LogP contribution is 2.16. The normalized spacial score (nSPS) is 13.8. The van der Waals surface area contributed by atoms with Crippen LogP contribution in [0.25, 0.3) is 0 Å². The number of methoxy groups -OCH3 is 1. The molecule has 0 spiro atoms. The molecule has 5 heteroatoms. The summed E-state index contributed by atoms with van der Waals surface area (Å²) in [4.78, 5) is 12.8. The Morgan fingerprint density at radius 2 is 1.81 bits per heavy atom. The number of esters is 1. The summed E-state index contributed by atoms with van der Waals surface area (Å²) in [6.45, 7) is 6.95. The molecule has 0 amide bonds. The van der Waals surface area contributed by atoms with E-state index in [0.29, 0.717) is 26.1 Å². The zero-order valence-corrected chi connectivity index (χ0v) is 18.9. The number of ether oxygens (including phenoxy) is 3. The van der Waals surface area contributed by atoms with Crippen molar-refractivity contribution in [3.8, 4) is 5.75 Å². The maximum atomic E-state index is 12.8. The first-order valence-corrected chi connectivity index (χ1v) is 10.8. The van der Waals surface area contributed by atoms with Gasteiger partial charge in [-0.3, -0.25) is 4.79 Å². The summed E-state index contributed by atoms with van der Waals surface area (Å²) in [7, 11) is 3.43. The van der Waals surface area contributed by atoms with Crippen LogP contribution in [0.2, 0.25) is 0 Å². The summed E-state index contributed by atoms with van der Waals surface area (Å²) < 4.78 is 16.9. The number of rotatable bonds is 14. The molecule has 2 aromatic carbocycles. The molecule has 0 fully saturated rings. The van der Waals surface area contributed by atoms with E-state index in [1.54, 1.807) is 14.2 Å². The van der Waals surface area contributed by atoms with Crippen molar-refractivity contribution >= 4 is 5.97 Å². The summed E-state index contributed by atoms with van der Waals surface area (Å²) in [5, 5.41) is 3.08.